The van der Waals surface area contributed by atoms with Crippen LogP contribution in [0.2, 0.25) is 10.0 Å². The summed E-state index contributed by atoms with van der Waals surface area (Å²) in [7, 11) is 2.29. The van der Waals surface area contributed by atoms with Crippen LogP contribution in [-0.4, -0.2) is 114 Å². The number of rotatable bonds is 16. The van der Waals surface area contributed by atoms with E-state index in [0.29, 0.717) is 27.5 Å². The molecule has 13 nitrogen and oxygen atoms in total. The second-order valence-electron chi connectivity index (χ2n) is 13.4. The lowest BCUT2D eigenvalue weighted by Gasteiger charge is -2.50. The molecule has 1 aromatic carbocycles. The number of aryl methyl sites for hydroxylation is 2. The first-order chi connectivity index (χ1) is 25.7. The standard InChI is InChI=1S/C36H41Cl2N5O8S3/c1-21-13-25(14-22(2)41(21)7-4-8-43(3)9-11-51-12-10-43)52-18-24-19-54-35-32(34(48)42(35)33(24)36(49)50)40-30(45)20-53-28-16-26(37)23(15-27(28)38)5-6-29(44)39-17-31(46)47/h5-6,13-16,32,35H,4,7-12,17-20H2,1-3H3,(H2-2,39,40,44,45,46,47,49,50)/t32-,35-/m1/s1. The summed E-state index contributed by atoms with van der Waals surface area (Å²) in [5, 5.41) is 27.6. The van der Waals surface area contributed by atoms with Gasteiger partial charge >= 0.3 is 0 Å². The molecule has 54 heavy (non-hydrogen) atoms. The molecule has 0 aliphatic carbocycles. The number of nitrogens with zero attached hydrogens (tertiary/aromatic N) is 3. The SMILES string of the molecule is Cc1cc(SCC2=C(C(=O)[O-])N3C(=O)[C@@H](NC(=O)CSc4cc(Cl)c(C=CC(=O)NCC(=O)[O-])cc4Cl)[C@H]3SC2)cc(C)[n+]1CCC[N+]1(C)CCOCC1. The van der Waals surface area contributed by atoms with Crippen LogP contribution in [0, 0.1) is 13.8 Å². The topological polar surface area (TPSA) is 172 Å². The Hall–Kier alpha value is -3.25. The fraction of sp³-hybridized carbons (Fsp3) is 0.444. The van der Waals surface area contributed by atoms with Crippen LogP contribution in [0.1, 0.15) is 23.4 Å². The number of hydrogen-bond donors (Lipinski definition) is 2. The number of benzene rings is 1. The van der Waals surface area contributed by atoms with Gasteiger partial charge in [0.2, 0.25) is 11.8 Å². The van der Waals surface area contributed by atoms with Gasteiger partial charge in [-0.25, -0.2) is 0 Å². The number of nitrogens with one attached hydrogen (secondary N) is 2. The van der Waals surface area contributed by atoms with Gasteiger partial charge in [-0.05, 0) is 29.3 Å². The molecule has 3 aliphatic rings. The molecule has 0 spiro atoms. The Morgan fingerprint density at radius 2 is 1.78 bits per heavy atom. The number of aromatic nitrogens is 1. The predicted molar refractivity (Wildman–Crippen MR) is 204 cm³/mol. The smallest absolute Gasteiger partial charge is 0.253 e. The third-order valence-corrected chi connectivity index (χ3v) is 13.6. The largest absolute Gasteiger partial charge is 0.548 e. The number of aliphatic carboxylic acids is 2. The number of carboxylic acids is 2. The zero-order valence-corrected chi connectivity index (χ0v) is 33.9. The average molecular weight is 839 g/mol. The van der Waals surface area contributed by atoms with E-state index in [2.05, 4.69) is 48.2 Å². The molecule has 0 unspecified atom stereocenters. The average Bonchev–Trinajstić information content (AvgIpc) is 3.12. The van der Waals surface area contributed by atoms with Crippen LogP contribution >= 0.6 is 58.5 Å². The molecule has 2 fully saturated rings. The van der Waals surface area contributed by atoms with E-state index in [1.54, 1.807) is 0 Å². The number of β-lactam (4-membered cyclic amide) rings is 1. The van der Waals surface area contributed by atoms with Crippen molar-refractivity contribution in [3.05, 3.63) is 68.6 Å². The monoisotopic (exact) mass is 837 g/mol. The van der Waals surface area contributed by atoms with Crippen LogP contribution < -0.4 is 25.4 Å². The molecule has 0 bridgehead atoms. The van der Waals surface area contributed by atoms with E-state index < -0.39 is 47.6 Å². The number of likely N-dealkylation sites (N-methyl/N-ethyl adjacent to an activating group) is 1. The Morgan fingerprint density at radius 3 is 2.44 bits per heavy atom. The second-order valence-corrected chi connectivity index (χ2v) is 17.4. The summed E-state index contributed by atoms with van der Waals surface area (Å²) in [6.45, 7) is 9.20. The lowest BCUT2D eigenvalue weighted by molar-refractivity contribution is -0.919. The summed E-state index contributed by atoms with van der Waals surface area (Å²) in [5.41, 5.74) is 3.10. The summed E-state index contributed by atoms with van der Waals surface area (Å²) in [6, 6.07) is 6.34. The van der Waals surface area contributed by atoms with E-state index >= 15 is 0 Å². The molecule has 4 heterocycles. The van der Waals surface area contributed by atoms with Crippen molar-refractivity contribution in [3.63, 3.8) is 0 Å². The highest BCUT2D eigenvalue weighted by Crippen LogP contribution is 2.41. The van der Waals surface area contributed by atoms with Gasteiger partial charge in [0, 0.05) is 58.4 Å². The van der Waals surface area contributed by atoms with Crippen molar-refractivity contribution in [1.82, 2.24) is 15.5 Å². The number of hydrogen-bond acceptors (Lipinski definition) is 11. The van der Waals surface area contributed by atoms with Crippen LogP contribution in [0.15, 0.2) is 51.4 Å². The maximum Gasteiger partial charge on any atom is 0.253 e. The minimum atomic E-state index is -1.43. The Morgan fingerprint density at radius 1 is 1.07 bits per heavy atom. The quantitative estimate of drug-likeness (QED) is 0.0811. The molecule has 5 rings (SSSR count). The Balaban J connectivity index is 1.14. The van der Waals surface area contributed by atoms with Gasteiger partial charge in [0.25, 0.3) is 5.91 Å². The summed E-state index contributed by atoms with van der Waals surface area (Å²) >= 11 is 16.7. The highest BCUT2D eigenvalue weighted by molar-refractivity contribution is 8.01. The van der Waals surface area contributed by atoms with E-state index in [-0.39, 0.29) is 21.5 Å². The lowest BCUT2D eigenvalue weighted by Crippen LogP contribution is -2.71. The summed E-state index contributed by atoms with van der Waals surface area (Å²) in [5.74, 6) is -3.86. The summed E-state index contributed by atoms with van der Waals surface area (Å²) in [6.07, 6.45) is 3.52. The molecular weight excluding hydrogens is 798 g/mol. The van der Waals surface area contributed by atoms with Crippen molar-refractivity contribution in [1.29, 1.82) is 0 Å². The molecule has 2 atom stereocenters. The number of amides is 3. The zero-order valence-electron chi connectivity index (χ0n) is 30.0. The second kappa shape index (κ2) is 18.6. The van der Waals surface area contributed by atoms with E-state index in [9.17, 15) is 34.2 Å². The summed E-state index contributed by atoms with van der Waals surface area (Å²) in [4.78, 5) is 63.5. The summed E-state index contributed by atoms with van der Waals surface area (Å²) < 4.78 is 8.86. The maximum absolute atomic E-state index is 13.2. The van der Waals surface area contributed by atoms with E-state index in [4.69, 9.17) is 27.9 Å². The number of quaternary nitrogens is 1. The van der Waals surface area contributed by atoms with Gasteiger partial charge in [0.15, 0.2) is 17.9 Å². The maximum atomic E-state index is 13.2. The first kappa shape index (κ1) is 41.9. The van der Waals surface area contributed by atoms with Gasteiger partial charge in [0.05, 0.1) is 68.2 Å². The molecule has 1 aromatic heterocycles. The Labute approximate surface area is 336 Å². The van der Waals surface area contributed by atoms with Crippen LogP contribution in [0.3, 0.4) is 0 Å². The van der Waals surface area contributed by atoms with Crippen molar-refractivity contribution in [2.24, 2.45) is 0 Å². The third-order valence-electron chi connectivity index (χ3n) is 9.39. The molecule has 3 aliphatic heterocycles. The van der Waals surface area contributed by atoms with Gasteiger partial charge in [-0.15, -0.1) is 35.3 Å². The number of fused-ring (bicyclic) bond motifs is 1. The van der Waals surface area contributed by atoms with Crippen LogP contribution in [0.25, 0.3) is 6.08 Å². The molecular formula is C36H41Cl2N5O8S3. The van der Waals surface area contributed by atoms with Gasteiger partial charge in [-0.2, -0.15) is 4.57 Å². The predicted octanol–water partition coefficient (Wildman–Crippen LogP) is 0.932. The number of morpholine rings is 1. The minimum Gasteiger partial charge on any atom is -0.548 e. The highest BCUT2D eigenvalue weighted by Gasteiger charge is 2.52. The van der Waals surface area contributed by atoms with E-state index in [1.807, 2.05) is 0 Å². The molecule has 2 aromatic rings. The molecule has 0 radical (unpaired) electrons. The number of ether oxygens (including phenoxy) is 1. The van der Waals surface area contributed by atoms with E-state index in [0.717, 1.165) is 84.4 Å². The van der Waals surface area contributed by atoms with Gasteiger partial charge in [-0.3, -0.25) is 19.3 Å². The fourth-order valence-electron chi connectivity index (χ4n) is 6.42. The van der Waals surface area contributed by atoms with Gasteiger partial charge in [-0.1, -0.05) is 23.2 Å². The lowest BCUT2D eigenvalue weighted by atomic mass is 10.0. The van der Waals surface area contributed by atoms with Crippen molar-refractivity contribution < 1.29 is 48.0 Å². The van der Waals surface area contributed by atoms with Gasteiger partial charge < -0.3 is 39.7 Å². The van der Waals surface area contributed by atoms with Gasteiger partial charge in [0.1, 0.15) is 24.5 Å². The number of carbonyl (C=O) groups excluding carboxylic acids is 5. The number of thioether (sulfide) groups is 3. The van der Waals surface area contributed by atoms with Crippen LogP contribution in [-0.2, 0) is 35.3 Å². The molecule has 290 valence electrons. The number of carbonyl (C=O) groups is 5. The van der Waals surface area contributed by atoms with Crippen molar-refractivity contribution >= 4 is 94.2 Å². The minimum absolute atomic E-state index is 0.104. The number of halogens is 2. The first-order valence-corrected chi connectivity index (χ1v) is 20.9. The normalized spacial score (nSPS) is 19.4. The Bertz CT molecular complexity index is 1860. The molecule has 0 saturated carbocycles. The Kier molecular flexibility index (Phi) is 14.4. The number of carboxylic acid groups (broad SMARTS) is 2. The van der Waals surface area contributed by atoms with E-state index in [1.165, 1.54) is 46.6 Å². The fourth-order valence-corrected chi connectivity index (χ4v) is 10.4. The highest BCUT2D eigenvalue weighted by atomic mass is 35.5. The molecule has 2 saturated heterocycles. The van der Waals surface area contributed by atoms with Crippen molar-refractivity contribution in [2.75, 3.05) is 63.7 Å². The number of pyridine rings is 1. The first-order valence-electron chi connectivity index (χ1n) is 17.2. The molecule has 2 N–H and O–H groups in total. The molecule has 3 amide bonds. The zero-order chi connectivity index (χ0) is 39.2. The van der Waals surface area contributed by atoms with Crippen molar-refractivity contribution in [2.45, 2.75) is 48.0 Å². The van der Waals surface area contributed by atoms with Crippen LogP contribution in [0.4, 0.5) is 0 Å². The molecule has 18 heteroatoms. The third kappa shape index (κ3) is 10.5. The van der Waals surface area contributed by atoms with Crippen molar-refractivity contribution in [3.8, 4) is 0 Å². The van der Waals surface area contributed by atoms with Crippen LogP contribution in [0.5, 0.6) is 0 Å².